The molecule has 4 N–H and O–H groups in total. The van der Waals surface area contributed by atoms with E-state index in [-0.39, 0.29) is 35.7 Å². The molecule has 4 atom stereocenters. The standard InChI is InChI=1S/C40H48N8O6S/c1-23(2)33(45-39(51)53-5)37(49)47-19-7-9-29(47)35-41-21-27(43-35)16-13-25-11-14-26(15-12-25)31-17-18-32(55-31)28-22-42-36(44-28)30-10-8-20-48(30)38(50)34(24(3)4)46-40(52)54-6/h11-12,14-15,17-18,21-24,29-30,33-34H,7-10,19-20H2,1-6H3,(H,41,43)(H,42,44)(H,45,51)(H,46,52)/t29-,30-,33-,34-/m0/s1. The van der Waals surface area contributed by atoms with Gasteiger partial charge in [-0.25, -0.2) is 19.6 Å². The number of nitrogens with zero attached hydrogens (tertiary/aromatic N) is 4. The average Bonchev–Trinajstić information content (AvgIpc) is 4.03. The van der Waals surface area contributed by atoms with Crippen LogP contribution in [0.1, 0.15) is 88.4 Å². The van der Waals surface area contributed by atoms with E-state index in [1.54, 1.807) is 22.4 Å². The Morgan fingerprint density at radius 3 is 1.82 bits per heavy atom. The summed E-state index contributed by atoms with van der Waals surface area (Å²) < 4.78 is 9.49. The number of benzene rings is 1. The molecule has 2 aliphatic heterocycles. The highest BCUT2D eigenvalue weighted by molar-refractivity contribution is 7.18. The summed E-state index contributed by atoms with van der Waals surface area (Å²) in [6.45, 7) is 8.75. The summed E-state index contributed by atoms with van der Waals surface area (Å²) in [4.78, 5) is 72.5. The lowest BCUT2D eigenvalue weighted by Crippen LogP contribution is -2.51. The van der Waals surface area contributed by atoms with Gasteiger partial charge in [-0.05, 0) is 73.3 Å². The van der Waals surface area contributed by atoms with Crippen LogP contribution in [0.25, 0.3) is 21.0 Å². The van der Waals surface area contributed by atoms with Crippen molar-refractivity contribution in [3.63, 3.8) is 0 Å². The topological polar surface area (TPSA) is 175 Å². The lowest BCUT2D eigenvalue weighted by Gasteiger charge is -2.30. The highest BCUT2D eigenvalue weighted by atomic mass is 32.1. The van der Waals surface area contributed by atoms with Crippen LogP contribution in [-0.2, 0) is 19.1 Å². The van der Waals surface area contributed by atoms with Crippen molar-refractivity contribution in [2.45, 2.75) is 77.5 Å². The van der Waals surface area contributed by atoms with Gasteiger partial charge in [0.1, 0.15) is 29.4 Å². The van der Waals surface area contributed by atoms with Crippen LogP contribution in [0.5, 0.6) is 0 Å². The Morgan fingerprint density at radius 2 is 1.27 bits per heavy atom. The third-order valence-corrected chi connectivity index (χ3v) is 11.2. The number of carbonyl (C=O) groups is 4. The minimum absolute atomic E-state index is 0.105. The van der Waals surface area contributed by atoms with Gasteiger partial charge in [0.15, 0.2) is 0 Å². The molecule has 2 fully saturated rings. The predicted molar refractivity (Wildman–Crippen MR) is 208 cm³/mol. The number of aromatic nitrogens is 4. The number of imidazole rings is 2. The zero-order valence-corrected chi connectivity index (χ0v) is 32.8. The normalized spacial score (nSPS) is 17.8. The minimum atomic E-state index is -0.696. The molecule has 4 amide bonds. The Bertz CT molecular complexity index is 2060. The van der Waals surface area contributed by atoms with Crippen molar-refractivity contribution in [2.24, 2.45) is 11.8 Å². The number of aromatic amines is 2. The molecule has 1 aromatic carbocycles. The number of alkyl carbamates (subject to hydrolysis) is 2. The zero-order valence-electron chi connectivity index (χ0n) is 32.0. The van der Waals surface area contributed by atoms with Gasteiger partial charge < -0.3 is 39.9 Å². The molecule has 0 saturated carbocycles. The highest BCUT2D eigenvalue weighted by Gasteiger charge is 2.39. The molecule has 0 aliphatic carbocycles. The van der Waals surface area contributed by atoms with Crippen LogP contribution in [0.4, 0.5) is 9.59 Å². The van der Waals surface area contributed by atoms with Crippen LogP contribution in [0.2, 0.25) is 0 Å². The molecule has 0 radical (unpaired) electrons. The van der Waals surface area contributed by atoms with Gasteiger partial charge in [-0.2, -0.15) is 0 Å². The quantitative estimate of drug-likeness (QED) is 0.142. The largest absolute Gasteiger partial charge is 0.453 e. The van der Waals surface area contributed by atoms with E-state index < -0.39 is 24.3 Å². The molecule has 0 unspecified atom stereocenters. The van der Waals surface area contributed by atoms with Crippen LogP contribution in [0, 0.1) is 23.7 Å². The lowest BCUT2D eigenvalue weighted by molar-refractivity contribution is -0.136. The van der Waals surface area contributed by atoms with Crippen molar-refractivity contribution in [3.8, 4) is 32.9 Å². The summed E-state index contributed by atoms with van der Waals surface area (Å²) in [5.41, 5.74) is 3.43. The Kier molecular flexibility index (Phi) is 12.2. The van der Waals surface area contributed by atoms with E-state index in [0.717, 1.165) is 58.1 Å². The van der Waals surface area contributed by atoms with Crippen LogP contribution < -0.4 is 10.6 Å². The van der Waals surface area contributed by atoms with Crippen molar-refractivity contribution in [3.05, 3.63) is 71.7 Å². The van der Waals surface area contributed by atoms with Crippen LogP contribution >= 0.6 is 11.3 Å². The van der Waals surface area contributed by atoms with Crippen molar-refractivity contribution in [2.75, 3.05) is 27.3 Å². The molecule has 2 aliphatic rings. The fourth-order valence-corrected chi connectivity index (χ4v) is 8.06. The van der Waals surface area contributed by atoms with Gasteiger partial charge in [0.2, 0.25) is 11.8 Å². The van der Waals surface area contributed by atoms with E-state index in [2.05, 4.69) is 54.5 Å². The number of nitrogens with one attached hydrogen (secondary N) is 4. The van der Waals surface area contributed by atoms with Gasteiger partial charge in [0.25, 0.3) is 0 Å². The Balaban J connectivity index is 1.09. The molecule has 4 aromatic rings. The van der Waals surface area contributed by atoms with Crippen molar-refractivity contribution < 1.29 is 28.7 Å². The number of methoxy groups -OCH3 is 2. The molecule has 14 nitrogen and oxygen atoms in total. The fraction of sp³-hybridized carbons (Fsp3) is 0.450. The number of amides is 4. The zero-order chi connectivity index (χ0) is 39.2. The second-order valence-electron chi connectivity index (χ2n) is 14.5. The number of H-pyrrole nitrogens is 2. The van der Waals surface area contributed by atoms with Crippen LogP contribution in [0.15, 0.2) is 48.8 Å². The first-order valence-corrected chi connectivity index (χ1v) is 19.4. The third-order valence-electron chi connectivity index (χ3n) is 10.1. The smallest absolute Gasteiger partial charge is 0.407 e. The summed E-state index contributed by atoms with van der Waals surface area (Å²) in [7, 11) is 2.57. The van der Waals surface area contributed by atoms with E-state index in [4.69, 9.17) is 9.47 Å². The van der Waals surface area contributed by atoms with Gasteiger partial charge in [-0.1, -0.05) is 45.7 Å². The maximum absolute atomic E-state index is 13.5. The van der Waals surface area contributed by atoms with E-state index in [0.29, 0.717) is 24.6 Å². The number of ether oxygens (including phenoxy) is 2. The number of rotatable bonds is 10. The molecule has 15 heteroatoms. The van der Waals surface area contributed by atoms with Crippen LogP contribution in [-0.4, -0.2) is 93.1 Å². The number of likely N-dealkylation sites (tertiary alicyclic amines) is 2. The number of hydrogen-bond donors (Lipinski definition) is 4. The van der Waals surface area contributed by atoms with Gasteiger partial charge in [-0.15, -0.1) is 11.3 Å². The first kappa shape index (κ1) is 39.1. The van der Waals surface area contributed by atoms with Gasteiger partial charge in [0, 0.05) is 23.5 Å². The Morgan fingerprint density at radius 1 is 0.745 bits per heavy atom. The van der Waals surface area contributed by atoms with Crippen molar-refractivity contribution >= 4 is 35.3 Å². The summed E-state index contributed by atoms with van der Waals surface area (Å²) in [5.74, 6) is 7.26. The average molecular weight is 769 g/mol. The van der Waals surface area contributed by atoms with Crippen molar-refractivity contribution in [1.29, 1.82) is 0 Å². The lowest BCUT2D eigenvalue weighted by atomic mass is 10.0. The Labute approximate surface area is 324 Å². The minimum Gasteiger partial charge on any atom is -0.453 e. The maximum Gasteiger partial charge on any atom is 0.407 e. The first-order chi connectivity index (χ1) is 26.5. The predicted octanol–water partition coefficient (Wildman–Crippen LogP) is 6.02. The summed E-state index contributed by atoms with van der Waals surface area (Å²) >= 11 is 1.64. The van der Waals surface area contributed by atoms with E-state index >= 15 is 0 Å². The monoisotopic (exact) mass is 768 g/mol. The van der Waals surface area contributed by atoms with Gasteiger partial charge >= 0.3 is 12.2 Å². The number of hydrogen-bond acceptors (Lipinski definition) is 9. The first-order valence-electron chi connectivity index (χ1n) is 18.6. The van der Waals surface area contributed by atoms with Gasteiger partial charge in [0.05, 0.1) is 49.3 Å². The second-order valence-corrected chi connectivity index (χ2v) is 15.5. The van der Waals surface area contributed by atoms with Crippen LogP contribution in [0.3, 0.4) is 0 Å². The highest BCUT2D eigenvalue weighted by Crippen LogP contribution is 2.37. The summed E-state index contributed by atoms with van der Waals surface area (Å²) in [5, 5.41) is 5.37. The molecule has 2 saturated heterocycles. The summed E-state index contributed by atoms with van der Waals surface area (Å²) in [6, 6.07) is 10.4. The molecule has 3 aromatic heterocycles. The third kappa shape index (κ3) is 8.86. The Hall–Kier alpha value is -5.62. The number of thiophene rings is 1. The molecule has 0 spiro atoms. The SMILES string of the molecule is COC(=O)N[C@H](C(=O)N1CCC[C@H]1c1ncc(C#Cc2ccc(-c3ccc(-c4cnc([C@@H]5CCCN5C(=O)[C@@H](NC(=O)OC)C(C)C)[nH]4)s3)cc2)[nH]1)C(C)C. The van der Waals surface area contributed by atoms with E-state index in [9.17, 15) is 19.2 Å². The molecular weight excluding hydrogens is 721 g/mol. The second kappa shape index (κ2) is 17.2. The van der Waals surface area contributed by atoms with Crippen molar-refractivity contribution in [1.82, 2.24) is 40.4 Å². The maximum atomic E-state index is 13.5. The van der Waals surface area contributed by atoms with E-state index in [1.807, 2.05) is 63.1 Å². The fourth-order valence-electron chi connectivity index (χ4n) is 7.08. The molecule has 6 rings (SSSR count). The molecule has 5 heterocycles. The molecule has 0 bridgehead atoms. The molecular formula is C40H48N8O6S. The molecule has 55 heavy (non-hydrogen) atoms. The van der Waals surface area contributed by atoms with E-state index in [1.165, 1.54) is 14.2 Å². The summed E-state index contributed by atoms with van der Waals surface area (Å²) in [6.07, 6.45) is 5.47. The van der Waals surface area contributed by atoms with Gasteiger partial charge in [-0.3, -0.25) is 9.59 Å². The number of carbonyl (C=O) groups excluding carboxylic acids is 4. The molecule has 290 valence electrons.